The van der Waals surface area contributed by atoms with E-state index in [2.05, 4.69) is 4.72 Å². The lowest BCUT2D eigenvalue weighted by molar-refractivity contribution is 0.545. The molecule has 1 aliphatic heterocycles. The van der Waals surface area contributed by atoms with E-state index >= 15 is 0 Å². The lowest BCUT2D eigenvalue weighted by Crippen LogP contribution is -2.30. The van der Waals surface area contributed by atoms with Crippen molar-refractivity contribution in [3.8, 4) is 0 Å². The van der Waals surface area contributed by atoms with Crippen molar-refractivity contribution in [3.63, 3.8) is 0 Å². The molecule has 0 aliphatic carbocycles. The largest absolute Gasteiger partial charge is 0.398 e. The summed E-state index contributed by atoms with van der Waals surface area (Å²) in [5.41, 5.74) is 6.94. The number of nitrogens with two attached hydrogens (primary N) is 1. The normalized spacial score (nSPS) is 20.1. The van der Waals surface area contributed by atoms with E-state index in [0.29, 0.717) is 23.7 Å². The van der Waals surface area contributed by atoms with Crippen molar-refractivity contribution in [2.24, 2.45) is 5.92 Å². The molecule has 0 radical (unpaired) electrons. The summed E-state index contributed by atoms with van der Waals surface area (Å²) in [6.45, 7) is 0.544. The molecule has 3 N–H and O–H groups in total. The molecule has 0 saturated carbocycles. The second-order valence-electron chi connectivity index (χ2n) is 4.54. The smallest absolute Gasteiger partial charge is 0.215 e. The number of nitrogen functional groups attached to an aromatic ring is 1. The van der Waals surface area contributed by atoms with Crippen LogP contribution in [0.5, 0.6) is 0 Å². The van der Waals surface area contributed by atoms with Crippen molar-refractivity contribution >= 4 is 27.5 Å². The highest BCUT2D eigenvalue weighted by Crippen LogP contribution is 2.23. The Kier molecular flexibility index (Phi) is 4.53. The number of anilines is 1. The molecule has 0 aromatic heterocycles. The molecule has 18 heavy (non-hydrogen) atoms. The fraction of sp³-hybridized carbons (Fsp3) is 0.500. The SMILES string of the molecule is Nc1ccccc1CS(=O)(=O)NCC1CCSC1. The monoisotopic (exact) mass is 286 g/mol. The number of nitrogens with one attached hydrogen (secondary N) is 1. The zero-order valence-electron chi connectivity index (χ0n) is 10.1. The van der Waals surface area contributed by atoms with Crippen molar-refractivity contribution in [1.82, 2.24) is 4.72 Å². The van der Waals surface area contributed by atoms with Gasteiger partial charge in [0, 0.05) is 12.2 Å². The zero-order valence-corrected chi connectivity index (χ0v) is 11.8. The Morgan fingerprint density at radius 2 is 2.17 bits per heavy atom. The molecule has 1 aromatic rings. The van der Waals surface area contributed by atoms with E-state index < -0.39 is 10.0 Å². The molecular formula is C12H18N2O2S2. The van der Waals surface area contributed by atoms with Gasteiger partial charge in [0.2, 0.25) is 10.0 Å². The molecule has 6 heteroatoms. The van der Waals surface area contributed by atoms with Gasteiger partial charge in [-0.05, 0) is 35.5 Å². The summed E-state index contributed by atoms with van der Waals surface area (Å²) in [4.78, 5) is 0. The number of benzene rings is 1. The molecule has 1 aliphatic rings. The first-order valence-electron chi connectivity index (χ1n) is 5.95. The van der Waals surface area contributed by atoms with Crippen LogP contribution >= 0.6 is 11.8 Å². The fourth-order valence-corrected chi connectivity index (χ4v) is 4.46. The van der Waals surface area contributed by atoms with Crippen molar-refractivity contribution in [1.29, 1.82) is 0 Å². The van der Waals surface area contributed by atoms with Gasteiger partial charge in [0.1, 0.15) is 0 Å². The van der Waals surface area contributed by atoms with Crippen molar-refractivity contribution < 1.29 is 8.42 Å². The Morgan fingerprint density at radius 3 is 2.83 bits per heavy atom. The van der Waals surface area contributed by atoms with Crippen LogP contribution in [0.25, 0.3) is 0 Å². The summed E-state index contributed by atoms with van der Waals surface area (Å²) in [6, 6.07) is 7.07. The van der Waals surface area contributed by atoms with Gasteiger partial charge < -0.3 is 5.73 Å². The summed E-state index contributed by atoms with van der Waals surface area (Å²) >= 11 is 1.88. The molecule has 4 nitrogen and oxygen atoms in total. The summed E-state index contributed by atoms with van der Waals surface area (Å²) in [7, 11) is -3.28. The van der Waals surface area contributed by atoms with Crippen LogP contribution in [0, 0.1) is 5.92 Å². The van der Waals surface area contributed by atoms with Gasteiger partial charge in [-0.25, -0.2) is 13.1 Å². The van der Waals surface area contributed by atoms with Crippen LogP contribution in [-0.2, 0) is 15.8 Å². The molecule has 1 heterocycles. The molecule has 100 valence electrons. The standard InChI is InChI=1S/C12H18N2O2S2/c13-12-4-2-1-3-11(12)9-18(15,16)14-7-10-5-6-17-8-10/h1-4,10,14H,5-9,13H2. The Balaban J connectivity index is 1.92. The fourth-order valence-electron chi connectivity index (χ4n) is 1.91. The third-order valence-electron chi connectivity index (χ3n) is 3.02. The van der Waals surface area contributed by atoms with E-state index in [1.165, 1.54) is 0 Å². The molecule has 1 fully saturated rings. The summed E-state index contributed by atoms with van der Waals surface area (Å²) in [5.74, 6) is 2.62. The second-order valence-corrected chi connectivity index (χ2v) is 7.49. The van der Waals surface area contributed by atoms with Crippen molar-refractivity contribution in [3.05, 3.63) is 29.8 Å². The van der Waals surface area contributed by atoms with Crippen LogP contribution in [0.1, 0.15) is 12.0 Å². The van der Waals surface area contributed by atoms with Crippen LogP contribution in [0.2, 0.25) is 0 Å². The highest BCUT2D eigenvalue weighted by Gasteiger charge is 2.19. The quantitative estimate of drug-likeness (QED) is 0.804. The summed E-state index contributed by atoms with van der Waals surface area (Å²) in [6.07, 6.45) is 1.10. The van der Waals surface area contributed by atoms with E-state index in [0.717, 1.165) is 17.9 Å². The number of para-hydroxylation sites is 1. The maximum Gasteiger partial charge on any atom is 0.215 e. The van der Waals surface area contributed by atoms with Gasteiger partial charge in [0.25, 0.3) is 0 Å². The van der Waals surface area contributed by atoms with E-state index in [-0.39, 0.29) is 5.75 Å². The Morgan fingerprint density at radius 1 is 1.39 bits per heavy atom. The number of sulfonamides is 1. The molecule has 2 rings (SSSR count). The van der Waals surface area contributed by atoms with Gasteiger partial charge >= 0.3 is 0 Å². The van der Waals surface area contributed by atoms with Crippen LogP contribution in [0.15, 0.2) is 24.3 Å². The number of rotatable bonds is 5. The molecule has 0 spiro atoms. The minimum Gasteiger partial charge on any atom is -0.398 e. The molecule has 0 bridgehead atoms. The number of hydrogen-bond acceptors (Lipinski definition) is 4. The van der Waals surface area contributed by atoms with Crippen LogP contribution in [0.4, 0.5) is 5.69 Å². The van der Waals surface area contributed by atoms with E-state index in [9.17, 15) is 8.42 Å². The van der Waals surface area contributed by atoms with Gasteiger partial charge in [-0.3, -0.25) is 0 Å². The highest BCUT2D eigenvalue weighted by molar-refractivity contribution is 7.99. The molecular weight excluding hydrogens is 268 g/mol. The van der Waals surface area contributed by atoms with Gasteiger partial charge in [-0.1, -0.05) is 18.2 Å². The zero-order chi connectivity index (χ0) is 13.0. The molecule has 1 saturated heterocycles. The Bertz CT molecular complexity index is 497. The topological polar surface area (TPSA) is 72.2 Å². The van der Waals surface area contributed by atoms with Gasteiger partial charge in [0.15, 0.2) is 0 Å². The maximum atomic E-state index is 11.9. The molecule has 1 aromatic carbocycles. The van der Waals surface area contributed by atoms with Gasteiger partial charge in [-0.2, -0.15) is 11.8 Å². The second kappa shape index (κ2) is 5.95. The highest BCUT2D eigenvalue weighted by atomic mass is 32.2. The minimum absolute atomic E-state index is 0.0421. The lowest BCUT2D eigenvalue weighted by Gasteiger charge is -2.11. The van der Waals surface area contributed by atoms with Crippen LogP contribution < -0.4 is 10.5 Å². The minimum atomic E-state index is -3.28. The van der Waals surface area contributed by atoms with Crippen LogP contribution in [0.3, 0.4) is 0 Å². The molecule has 1 unspecified atom stereocenters. The first-order chi connectivity index (χ1) is 8.57. The van der Waals surface area contributed by atoms with E-state index in [4.69, 9.17) is 5.73 Å². The van der Waals surface area contributed by atoms with Crippen molar-refractivity contribution in [2.45, 2.75) is 12.2 Å². The van der Waals surface area contributed by atoms with Crippen LogP contribution in [-0.4, -0.2) is 26.5 Å². The predicted molar refractivity (Wildman–Crippen MR) is 76.9 cm³/mol. The lowest BCUT2D eigenvalue weighted by atomic mass is 10.1. The third-order valence-corrected chi connectivity index (χ3v) is 5.55. The third kappa shape index (κ3) is 3.90. The van der Waals surface area contributed by atoms with E-state index in [1.54, 1.807) is 24.3 Å². The van der Waals surface area contributed by atoms with Crippen molar-refractivity contribution in [2.75, 3.05) is 23.8 Å². The first-order valence-corrected chi connectivity index (χ1v) is 8.76. The van der Waals surface area contributed by atoms with Gasteiger partial charge in [-0.15, -0.1) is 0 Å². The van der Waals surface area contributed by atoms with Gasteiger partial charge in [0.05, 0.1) is 5.75 Å². The summed E-state index contributed by atoms with van der Waals surface area (Å²) in [5, 5.41) is 0. The average Bonchev–Trinajstić information content (AvgIpc) is 2.83. The molecule has 1 atom stereocenters. The summed E-state index contributed by atoms with van der Waals surface area (Å²) < 4.78 is 26.6. The number of hydrogen-bond donors (Lipinski definition) is 2. The average molecular weight is 286 g/mol. The number of thioether (sulfide) groups is 1. The molecule has 0 amide bonds. The maximum absolute atomic E-state index is 11.9. The predicted octanol–water partition coefficient (Wildman–Crippen LogP) is 1.44. The Labute approximate surface area is 112 Å². The Hall–Kier alpha value is -0.720. The first kappa shape index (κ1) is 13.7. The van der Waals surface area contributed by atoms with E-state index in [1.807, 2.05) is 11.8 Å².